The van der Waals surface area contributed by atoms with Gasteiger partial charge in [-0.15, -0.1) is 0 Å². The zero-order valence-corrected chi connectivity index (χ0v) is 9.29. The van der Waals surface area contributed by atoms with Gasteiger partial charge in [0.1, 0.15) is 0 Å². The molecule has 0 radical (unpaired) electrons. The second kappa shape index (κ2) is 5.73. The summed E-state index contributed by atoms with van der Waals surface area (Å²) in [5.41, 5.74) is 0.883. The van der Waals surface area contributed by atoms with E-state index in [0.29, 0.717) is 5.02 Å². The van der Waals surface area contributed by atoms with Crippen LogP contribution in [0.3, 0.4) is 0 Å². The van der Waals surface area contributed by atoms with Gasteiger partial charge in [0.25, 0.3) is 0 Å². The van der Waals surface area contributed by atoms with Gasteiger partial charge >= 0.3 is 0 Å². The first kappa shape index (κ1) is 12.0. The Morgan fingerprint density at radius 2 is 2.33 bits per heavy atom. The summed E-state index contributed by atoms with van der Waals surface area (Å²) in [6.45, 7) is -0.0617. The number of amides is 1. The van der Waals surface area contributed by atoms with E-state index >= 15 is 0 Å². The van der Waals surface area contributed by atoms with E-state index < -0.39 is 0 Å². The quantitative estimate of drug-likeness (QED) is 0.820. The third-order valence-electron chi connectivity index (χ3n) is 2.25. The highest BCUT2D eigenvalue weighted by Gasteiger charge is 2.14. The van der Waals surface area contributed by atoms with Gasteiger partial charge in [0, 0.05) is 24.4 Å². The van der Waals surface area contributed by atoms with Crippen molar-refractivity contribution in [1.82, 2.24) is 5.32 Å². The van der Waals surface area contributed by atoms with Gasteiger partial charge in [0.2, 0.25) is 5.91 Å². The molecule has 1 aromatic carbocycles. The van der Waals surface area contributed by atoms with Crippen LogP contribution in [0.1, 0.15) is 17.9 Å². The summed E-state index contributed by atoms with van der Waals surface area (Å²) in [4.78, 5) is 11.2. The number of hydrogen-bond acceptors (Lipinski definition) is 2. The summed E-state index contributed by atoms with van der Waals surface area (Å²) in [6, 6.07) is 7.20. The van der Waals surface area contributed by atoms with Crippen molar-refractivity contribution in [2.75, 3.05) is 13.7 Å². The van der Waals surface area contributed by atoms with Crippen LogP contribution in [0, 0.1) is 0 Å². The fourth-order valence-electron chi connectivity index (χ4n) is 1.37. The number of nitrogens with one attached hydrogen (secondary N) is 1. The molecule has 1 rings (SSSR count). The van der Waals surface area contributed by atoms with Crippen LogP contribution in [0.25, 0.3) is 0 Å². The molecule has 1 atom stereocenters. The molecule has 0 fully saturated rings. The highest BCUT2D eigenvalue weighted by atomic mass is 35.5. The maximum Gasteiger partial charge on any atom is 0.220 e. The largest absolute Gasteiger partial charge is 0.396 e. The summed E-state index contributed by atoms with van der Waals surface area (Å²) < 4.78 is 0. The van der Waals surface area contributed by atoms with Gasteiger partial charge < -0.3 is 10.4 Å². The normalized spacial score (nSPS) is 12.2. The van der Waals surface area contributed by atoms with E-state index in [2.05, 4.69) is 5.32 Å². The van der Waals surface area contributed by atoms with Crippen LogP contribution in [-0.4, -0.2) is 24.7 Å². The maximum absolute atomic E-state index is 11.2. The van der Waals surface area contributed by atoms with Crippen molar-refractivity contribution in [2.24, 2.45) is 0 Å². The molecule has 0 bridgehead atoms. The van der Waals surface area contributed by atoms with Crippen LogP contribution in [0.4, 0.5) is 0 Å². The van der Waals surface area contributed by atoms with E-state index in [-0.39, 0.29) is 24.9 Å². The molecule has 0 aliphatic rings. The van der Waals surface area contributed by atoms with Crippen LogP contribution in [0.5, 0.6) is 0 Å². The van der Waals surface area contributed by atoms with Crippen molar-refractivity contribution in [3.8, 4) is 0 Å². The number of benzene rings is 1. The number of carbonyl (C=O) groups excluding carboxylic acids is 1. The summed E-state index contributed by atoms with van der Waals surface area (Å²) in [7, 11) is 1.58. The molecule has 0 spiro atoms. The lowest BCUT2D eigenvalue weighted by atomic mass is 9.96. The maximum atomic E-state index is 11.2. The zero-order chi connectivity index (χ0) is 11.3. The number of aliphatic hydroxyl groups excluding tert-OH is 1. The summed E-state index contributed by atoms with van der Waals surface area (Å²) in [6.07, 6.45) is 0.271. The Labute approximate surface area is 94.1 Å². The second-order valence-corrected chi connectivity index (χ2v) is 3.75. The minimum absolute atomic E-state index is 0.0617. The number of carbonyl (C=O) groups is 1. The third kappa shape index (κ3) is 3.53. The van der Waals surface area contributed by atoms with Crippen LogP contribution >= 0.6 is 11.6 Å². The molecule has 0 aliphatic carbocycles. The molecule has 3 nitrogen and oxygen atoms in total. The van der Waals surface area contributed by atoms with Crippen LogP contribution in [0.2, 0.25) is 5.02 Å². The number of hydrogen-bond donors (Lipinski definition) is 2. The van der Waals surface area contributed by atoms with E-state index in [9.17, 15) is 9.90 Å². The fraction of sp³-hybridized carbons (Fsp3) is 0.364. The first-order chi connectivity index (χ1) is 7.17. The predicted octanol–water partition coefficient (Wildman–Crippen LogP) is 1.55. The van der Waals surface area contributed by atoms with Crippen molar-refractivity contribution in [3.63, 3.8) is 0 Å². The van der Waals surface area contributed by atoms with Gasteiger partial charge in [-0.2, -0.15) is 0 Å². The molecule has 4 heteroatoms. The third-order valence-corrected chi connectivity index (χ3v) is 2.49. The van der Waals surface area contributed by atoms with Crippen LogP contribution in [0.15, 0.2) is 24.3 Å². The van der Waals surface area contributed by atoms with E-state index in [1.807, 2.05) is 12.1 Å². The SMILES string of the molecule is CNC(=O)C[C@H](CO)c1cccc(Cl)c1. The Morgan fingerprint density at radius 1 is 1.60 bits per heavy atom. The van der Waals surface area contributed by atoms with Crippen molar-refractivity contribution in [1.29, 1.82) is 0 Å². The average molecular weight is 228 g/mol. The van der Waals surface area contributed by atoms with Crippen molar-refractivity contribution >= 4 is 17.5 Å². The standard InChI is InChI=1S/C11H14ClNO2/c1-13-11(15)6-9(7-14)8-3-2-4-10(12)5-8/h2-5,9,14H,6-7H2,1H3,(H,13,15)/t9-/m1/s1. The van der Waals surface area contributed by atoms with Gasteiger partial charge in [0.05, 0.1) is 6.61 Å². The topological polar surface area (TPSA) is 49.3 Å². The molecule has 1 amide bonds. The van der Waals surface area contributed by atoms with E-state index in [1.54, 1.807) is 19.2 Å². The number of halogens is 1. The minimum atomic E-state index is -0.191. The molecule has 15 heavy (non-hydrogen) atoms. The molecule has 0 saturated heterocycles. The Balaban J connectivity index is 2.78. The minimum Gasteiger partial charge on any atom is -0.396 e. The first-order valence-corrected chi connectivity index (χ1v) is 5.12. The van der Waals surface area contributed by atoms with Crippen LogP contribution in [-0.2, 0) is 4.79 Å². The molecule has 0 aromatic heterocycles. The molecule has 82 valence electrons. The number of rotatable bonds is 4. The first-order valence-electron chi connectivity index (χ1n) is 4.74. The Morgan fingerprint density at radius 3 is 2.87 bits per heavy atom. The molecular formula is C11H14ClNO2. The fourth-order valence-corrected chi connectivity index (χ4v) is 1.57. The summed E-state index contributed by atoms with van der Waals surface area (Å²) in [5, 5.41) is 12.3. The second-order valence-electron chi connectivity index (χ2n) is 3.31. The predicted molar refractivity (Wildman–Crippen MR) is 60.0 cm³/mol. The molecule has 0 aliphatic heterocycles. The summed E-state index contributed by atoms with van der Waals surface area (Å²) in [5.74, 6) is -0.280. The van der Waals surface area contributed by atoms with E-state index in [0.717, 1.165) is 5.56 Å². The highest BCUT2D eigenvalue weighted by molar-refractivity contribution is 6.30. The van der Waals surface area contributed by atoms with E-state index in [1.165, 1.54) is 0 Å². The molecule has 0 saturated carbocycles. The number of aliphatic hydroxyl groups is 1. The smallest absolute Gasteiger partial charge is 0.220 e. The molecule has 0 unspecified atom stereocenters. The Bertz CT molecular complexity index is 341. The molecular weight excluding hydrogens is 214 g/mol. The Kier molecular flexibility index (Phi) is 4.59. The Hall–Kier alpha value is -1.06. The lowest BCUT2D eigenvalue weighted by Gasteiger charge is -2.13. The molecule has 2 N–H and O–H groups in total. The van der Waals surface area contributed by atoms with Gasteiger partial charge in [-0.3, -0.25) is 4.79 Å². The monoisotopic (exact) mass is 227 g/mol. The lowest BCUT2D eigenvalue weighted by Crippen LogP contribution is -2.21. The summed E-state index contributed by atoms with van der Waals surface area (Å²) >= 11 is 5.83. The van der Waals surface area contributed by atoms with Gasteiger partial charge in [0.15, 0.2) is 0 Å². The highest BCUT2D eigenvalue weighted by Crippen LogP contribution is 2.22. The van der Waals surface area contributed by atoms with Crippen LogP contribution < -0.4 is 5.32 Å². The molecule has 0 heterocycles. The van der Waals surface area contributed by atoms with Gasteiger partial charge in [-0.25, -0.2) is 0 Å². The average Bonchev–Trinajstić information content (AvgIpc) is 2.25. The van der Waals surface area contributed by atoms with Crippen molar-refractivity contribution in [2.45, 2.75) is 12.3 Å². The van der Waals surface area contributed by atoms with Crippen molar-refractivity contribution in [3.05, 3.63) is 34.9 Å². The van der Waals surface area contributed by atoms with Crippen molar-refractivity contribution < 1.29 is 9.90 Å². The van der Waals surface area contributed by atoms with Gasteiger partial charge in [-0.1, -0.05) is 23.7 Å². The van der Waals surface area contributed by atoms with E-state index in [4.69, 9.17) is 11.6 Å². The molecule has 1 aromatic rings. The lowest BCUT2D eigenvalue weighted by molar-refractivity contribution is -0.121. The zero-order valence-electron chi connectivity index (χ0n) is 8.53. The van der Waals surface area contributed by atoms with Gasteiger partial charge in [-0.05, 0) is 17.7 Å².